The molecule has 1 aromatic heterocycles. The Labute approximate surface area is 180 Å². The number of H-pyrrole nitrogens is 1. The van der Waals surface area contributed by atoms with Crippen molar-refractivity contribution in [3.05, 3.63) is 36.0 Å². The highest BCUT2D eigenvalue weighted by atomic mass is 127. The number of hydrogen-bond acceptors (Lipinski definition) is 2. The number of piperidine rings is 1. The van der Waals surface area contributed by atoms with E-state index in [4.69, 9.17) is 0 Å². The van der Waals surface area contributed by atoms with Crippen LogP contribution in [0.2, 0.25) is 0 Å². The largest absolute Gasteiger partial charge is 0.361 e. The van der Waals surface area contributed by atoms with Crippen molar-refractivity contribution in [3.8, 4) is 0 Å². The SMILES string of the molecule is CN=C(NCCCN1CCCCC1C)NCCc1c[nH]c2ccccc12.I. The highest BCUT2D eigenvalue weighted by Crippen LogP contribution is 2.18. The average Bonchev–Trinajstić information content (AvgIpc) is 3.08. The van der Waals surface area contributed by atoms with Crippen LogP contribution in [0, 0.1) is 0 Å². The van der Waals surface area contributed by atoms with Crippen LogP contribution >= 0.6 is 24.0 Å². The molecule has 0 aliphatic carbocycles. The maximum absolute atomic E-state index is 4.34. The molecule has 27 heavy (non-hydrogen) atoms. The average molecular weight is 483 g/mol. The van der Waals surface area contributed by atoms with Crippen molar-refractivity contribution < 1.29 is 0 Å². The summed E-state index contributed by atoms with van der Waals surface area (Å²) < 4.78 is 0. The van der Waals surface area contributed by atoms with Gasteiger partial charge in [0.05, 0.1) is 0 Å². The lowest BCUT2D eigenvalue weighted by Crippen LogP contribution is -2.41. The second-order valence-electron chi connectivity index (χ2n) is 7.27. The monoisotopic (exact) mass is 483 g/mol. The van der Waals surface area contributed by atoms with Crippen molar-refractivity contribution in [2.75, 3.05) is 33.2 Å². The number of para-hydroxylation sites is 1. The second kappa shape index (κ2) is 11.5. The Hall–Kier alpha value is -1.28. The zero-order valence-corrected chi connectivity index (χ0v) is 19.0. The summed E-state index contributed by atoms with van der Waals surface area (Å²) in [6.45, 7) is 6.65. The van der Waals surface area contributed by atoms with Crippen LogP contribution in [0.5, 0.6) is 0 Å². The van der Waals surface area contributed by atoms with Crippen LogP contribution in [-0.4, -0.2) is 55.1 Å². The lowest BCUT2D eigenvalue weighted by atomic mass is 10.0. The van der Waals surface area contributed by atoms with Gasteiger partial charge in [-0.2, -0.15) is 0 Å². The lowest BCUT2D eigenvalue weighted by Gasteiger charge is -2.33. The molecule has 0 spiro atoms. The fraction of sp³-hybridized carbons (Fsp3) is 0.571. The van der Waals surface area contributed by atoms with Crippen LogP contribution < -0.4 is 10.6 Å². The molecule has 150 valence electrons. The van der Waals surface area contributed by atoms with Crippen LogP contribution in [0.4, 0.5) is 0 Å². The predicted molar refractivity (Wildman–Crippen MR) is 126 cm³/mol. The first-order chi connectivity index (χ1) is 12.8. The van der Waals surface area contributed by atoms with Crippen LogP contribution in [0.25, 0.3) is 10.9 Å². The Morgan fingerprint density at radius 3 is 2.85 bits per heavy atom. The van der Waals surface area contributed by atoms with Gasteiger partial charge in [0.1, 0.15) is 0 Å². The summed E-state index contributed by atoms with van der Waals surface area (Å²) in [6.07, 6.45) is 8.36. The van der Waals surface area contributed by atoms with Crippen LogP contribution in [0.15, 0.2) is 35.5 Å². The minimum atomic E-state index is 0. The molecule has 2 aromatic rings. The molecule has 0 saturated carbocycles. The van der Waals surface area contributed by atoms with E-state index in [0.29, 0.717) is 0 Å². The van der Waals surface area contributed by atoms with E-state index in [1.807, 2.05) is 7.05 Å². The highest BCUT2D eigenvalue weighted by Gasteiger charge is 2.17. The summed E-state index contributed by atoms with van der Waals surface area (Å²) in [4.78, 5) is 10.3. The Bertz CT molecular complexity index is 711. The van der Waals surface area contributed by atoms with E-state index in [1.165, 1.54) is 48.8 Å². The third-order valence-corrected chi connectivity index (χ3v) is 5.44. The number of likely N-dealkylation sites (tertiary alicyclic amines) is 1. The molecule has 1 unspecified atom stereocenters. The van der Waals surface area contributed by atoms with Crippen LogP contribution in [0.1, 0.15) is 38.2 Å². The summed E-state index contributed by atoms with van der Waals surface area (Å²) in [5.74, 6) is 0.900. The van der Waals surface area contributed by atoms with Gasteiger partial charge < -0.3 is 20.5 Å². The number of fused-ring (bicyclic) bond motifs is 1. The molecule has 0 bridgehead atoms. The second-order valence-corrected chi connectivity index (χ2v) is 7.27. The van der Waals surface area contributed by atoms with Gasteiger partial charge in [0.15, 0.2) is 5.96 Å². The molecule has 0 radical (unpaired) electrons. The zero-order valence-electron chi connectivity index (χ0n) is 16.6. The summed E-state index contributed by atoms with van der Waals surface area (Å²) >= 11 is 0. The molecule has 3 rings (SSSR count). The minimum Gasteiger partial charge on any atom is -0.361 e. The topological polar surface area (TPSA) is 55.5 Å². The molecule has 1 aromatic carbocycles. The van der Waals surface area contributed by atoms with E-state index in [-0.39, 0.29) is 24.0 Å². The number of rotatable bonds is 7. The molecule has 6 heteroatoms. The first-order valence-corrected chi connectivity index (χ1v) is 10.0. The van der Waals surface area contributed by atoms with E-state index >= 15 is 0 Å². The molecule has 1 fully saturated rings. The third-order valence-electron chi connectivity index (χ3n) is 5.44. The van der Waals surface area contributed by atoms with E-state index in [9.17, 15) is 0 Å². The zero-order chi connectivity index (χ0) is 18.2. The van der Waals surface area contributed by atoms with Crippen molar-refractivity contribution in [3.63, 3.8) is 0 Å². The number of guanidine groups is 1. The summed E-state index contributed by atoms with van der Waals surface area (Å²) in [5, 5.41) is 8.19. The van der Waals surface area contributed by atoms with Crippen LogP contribution in [0.3, 0.4) is 0 Å². The minimum absolute atomic E-state index is 0. The molecule has 1 aliphatic rings. The molecular weight excluding hydrogens is 449 g/mol. The van der Waals surface area contributed by atoms with Crippen molar-refractivity contribution >= 4 is 40.8 Å². The van der Waals surface area contributed by atoms with Gasteiger partial charge >= 0.3 is 0 Å². The molecule has 1 saturated heterocycles. The Balaban J connectivity index is 0.00000261. The van der Waals surface area contributed by atoms with Gasteiger partial charge in [-0.3, -0.25) is 4.99 Å². The molecule has 1 aliphatic heterocycles. The summed E-state index contributed by atoms with van der Waals surface area (Å²) in [6, 6.07) is 9.21. The van der Waals surface area contributed by atoms with Crippen molar-refractivity contribution in [2.45, 2.75) is 45.1 Å². The number of aromatic amines is 1. The van der Waals surface area contributed by atoms with Gasteiger partial charge in [0, 0.05) is 49.8 Å². The van der Waals surface area contributed by atoms with Crippen molar-refractivity contribution in [1.29, 1.82) is 0 Å². The van der Waals surface area contributed by atoms with Crippen molar-refractivity contribution in [2.24, 2.45) is 4.99 Å². The smallest absolute Gasteiger partial charge is 0.190 e. The van der Waals surface area contributed by atoms with E-state index in [2.05, 4.69) is 62.9 Å². The molecule has 3 N–H and O–H groups in total. The normalized spacial score (nSPS) is 18.3. The predicted octanol–water partition coefficient (Wildman–Crippen LogP) is 3.76. The molecule has 0 amide bonds. The number of nitrogens with one attached hydrogen (secondary N) is 3. The van der Waals surface area contributed by atoms with Gasteiger partial charge in [-0.15, -0.1) is 24.0 Å². The van der Waals surface area contributed by atoms with E-state index < -0.39 is 0 Å². The number of benzene rings is 1. The number of nitrogens with zero attached hydrogens (tertiary/aromatic N) is 2. The quantitative estimate of drug-likeness (QED) is 0.243. The van der Waals surface area contributed by atoms with Gasteiger partial charge in [0.25, 0.3) is 0 Å². The standard InChI is InChI=1S/C21H33N5.HI/c1-17-8-5-6-14-26(17)15-7-12-23-21(22-2)24-13-11-18-16-25-20-10-4-3-9-19(18)20;/h3-4,9-10,16-17,25H,5-8,11-15H2,1-2H3,(H2,22,23,24);1H. The first-order valence-electron chi connectivity index (χ1n) is 10.0. The van der Waals surface area contributed by atoms with E-state index in [0.717, 1.165) is 37.9 Å². The number of halogens is 1. The van der Waals surface area contributed by atoms with Crippen LogP contribution in [-0.2, 0) is 6.42 Å². The lowest BCUT2D eigenvalue weighted by molar-refractivity contribution is 0.159. The Morgan fingerprint density at radius 2 is 2.04 bits per heavy atom. The van der Waals surface area contributed by atoms with Gasteiger partial charge in [-0.25, -0.2) is 0 Å². The molecular formula is C21H34IN5. The number of hydrogen-bond donors (Lipinski definition) is 3. The Kier molecular flexibility index (Phi) is 9.41. The summed E-state index contributed by atoms with van der Waals surface area (Å²) in [7, 11) is 1.84. The first kappa shape index (κ1) is 22.0. The van der Waals surface area contributed by atoms with Gasteiger partial charge in [-0.1, -0.05) is 24.6 Å². The highest BCUT2D eigenvalue weighted by molar-refractivity contribution is 14.0. The third kappa shape index (κ3) is 6.38. The Morgan fingerprint density at radius 1 is 1.22 bits per heavy atom. The van der Waals surface area contributed by atoms with E-state index in [1.54, 1.807) is 0 Å². The van der Waals surface area contributed by atoms with Gasteiger partial charge in [-0.05, 0) is 50.8 Å². The maximum Gasteiger partial charge on any atom is 0.190 e. The number of aromatic nitrogens is 1. The molecule has 5 nitrogen and oxygen atoms in total. The fourth-order valence-electron chi connectivity index (χ4n) is 3.85. The number of aliphatic imine (C=N–C) groups is 1. The maximum atomic E-state index is 4.34. The van der Waals surface area contributed by atoms with Gasteiger partial charge in [0.2, 0.25) is 0 Å². The molecule has 1 atom stereocenters. The van der Waals surface area contributed by atoms with Crippen molar-refractivity contribution in [1.82, 2.24) is 20.5 Å². The molecule has 2 heterocycles. The fourth-order valence-corrected chi connectivity index (χ4v) is 3.85. The summed E-state index contributed by atoms with van der Waals surface area (Å²) in [5.41, 5.74) is 2.56.